The molecule has 0 unspecified atom stereocenters. The van der Waals surface area contributed by atoms with Gasteiger partial charge in [0.1, 0.15) is 12.4 Å². The second-order valence-electron chi connectivity index (χ2n) is 4.79. The second kappa shape index (κ2) is 6.75. The lowest BCUT2D eigenvalue weighted by atomic mass is 10.2. The van der Waals surface area contributed by atoms with Gasteiger partial charge in [0.15, 0.2) is 0 Å². The predicted molar refractivity (Wildman–Crippen MR) is 87.6 cm³/mol. The van der Waals surface area contributed by atoms with Gasteiger partial charge in [-0.05, 0) is 42.0 Å². The molecule has 22 heavy (non-hydrogen) atoms. The highest BCUT2D eigenvalue weighted by atomic mass is 79.9. The third-order valence-corrected chi connectivity index (χ3v) is 3.72. The summed E-state index contributed by atoms with van der Waals surface area (Å²) in [6, 6.07) is 15.7. The van der Waals surface area contributed by atoms with Crippen molar-refractivity contribution in [2.24, 2.45) is 0 Å². The largest absolute Gasteiger partial charge is 0.489 e. The zero-order chi connectivity index (χ0) is 15.4. The zero-order valence-electron chi connectivity index (χ0n) is 12.1. The van der Waals surface area contributed by atoms with Crippen molar-refractivity contribution < 1.29 is 9.15 Å². The van der Waals surface area contributed by atoms with E-state index in [0.29, 0.717) is 18.4 Å². The summed E-state index contributed by atoms with van der Waals surface area (Å²) in [5.41, 5.74) is 2.01. The van der Waals surface area contributed by atoms with Crippen molar-refractivity contribution in [2.45, 2.75) is 20.0 Å². The van der Waals surface area contributed by atoms with Gasteiger partial charge < -0.3 is 9.15 Å². The van der Waals surface area contributed by atoms with Crippen molar-refractivity contribution >= 4 is 15.9 Å². The van der Waals surface area contributed by atoms with Gasteiger partial charge >= 0.3 is 0 Å². The van der Waals surface area contributed by atoms with Crippen LogP contribution < -0.4 is 4.74 Å². The molecule has 4 nitrogen and oxygen atoms in total. The Labute approximate surface area is 137 Å². The number of aryl methyl sites for hydroxylation is 1. The van der Waals surface area contributed by atoms with E-state index in [0.717, 1.165) is 27.8 Å². The maximum absolute atomic E-state index is 5.77. The first-order valence-electron chi connectivity index (χ1n) is 7.04. The Morgan fingerprint density at radius 1 is 1.00 bits per heavy atom. The van der Waals surface area contributed by atoms with Crippen LogP contribution in [0.3, 0.4) is 0 Å². The quantitative estimate of drug-likeness (QED) is 0.666. The molecule has 0 aliphatic heterocycles. The van der Waals surface area contributed by atoms with Crippen molar-refractivity contribution in [2.75, 3.05) is 0 Å². The molecule has 3 rings (SSSR count). The predicted octanol–water partition coefficient (Wildman–Crippen LogP) is 4.64. The Hall–Kier alpha value is -2.14. The van der Waals surface area contributed by atoms with E-state index in [9.17, 15) is 0 Å². The number of rotatable bonds is 5. The average molecular weight is 359 g/mol. The van der Waals surface area contributed by atoms with Gasteiger partial charge in [0, 0.05) is 16.5 Å². The van der Waals surface area contributed by atoms with Crippen LogP contribution in [0, 0.1) is 0 Å². The van der Waals surface area contributed by atoms with Crippen LogP contribution in [0.1, 0.15) is 18.4 Å². The molecular weight excluding hydrogens is 344 g/mol. The van der Waals surface area contributed by atoms with E-state index < -0.39 is 0 Å². The molecule has 1 heterocycles. The van der Waals surface area contributed by atoms with Crippen LogP contribution in [0.4, 0.5) is 0 Å². The molecule has 0 saturated carbocycles. The number of benzene rings is 2. The summed E-state index contributed by atoms with van der Waals surface area (Å²) >= 11 is 3.42. The minimum absolute atomic E-state index is 0.535. The normalized spacial score (nSPS) is 10.6. The van der Waals surface area contributed by atoms with Gasteiger partial charge in [0.25, 0.3) is 0 Å². The zero-order valence-corrected chi connectivity index (χ0v) is 13.7. The molecular formula is C17H15BrN2O2. The Kier molecular flexibility index (Phi) is 4.53. The van der Waals surface area contributed by atoms with Crippen LogP contribution in [0.2, 0.25) is 0 Å². The molecule has 0 aliphatic carbocycles. The fourth-order valence-corrected chi connectivity index (χ4v) is 2.22. The summed E-state index contributed by atoms with van der Waals surface area (Å²) in [6.45, 7) is 2.52. The summed E-state index contributed by atoms with van der Waals surface area (Å²) in [7, 11) is 0. The summed E-state index contributed by atoms with van der Waals surface area (Å²) in [4.78, 5) is 0. The van der Waals surface area contributed by atoms with Gasteiger partial charge in [-0.2, -0.15) is 0 Å². The van der Waals surface area contributed by atoms with Gasteiger partial charge in [-0.1, -0.05) is 35.0 Å². The first kappa shape index (κ1) is 14.8. The lowest BCUT2D eigenvalue weighted by Gasteiger charge is -2.06. The minimum Gasteiger partial charge on any atom is -0.489 e. The lowest BCUT2D eigenvalue weighted by molar-refractivity contribution is 0.306. The third kappa shape index (κ3) is 3.54. The first-order chi connectivity index (χ1) is 10.7. The smallest absolute Gasteiger partial charge is 0.247 e. The van der Waals surface area contributed by atoms with Gasteiger partial charge in [-0.25, -0.2) is 0 Å². The molecule has 0 N–H and O–H groups in total. The molecule has 0 fully saturated rings. The van der Waals surface area contributed by atoms with Crippen LogP contribution in [0.25, 0.3) is 11.5 Å². The molecule has 0 bridgehead atoms. The van der Waals surface area contributed by atoms with Crippen LogP contribution in [0.5, 0.6) is 5.75 Å². The molecule has 3 aromatic rings. The number of aromatic nitrogens is 2. The standard InChI is InChI=1S/C17H15BrN2O2/c1-2-16-19-20-17(22-16)13-5-9-15(10-6-13)21-11-12-3-7-14(18)8-4-12/h3-10H,2,11H2,1H3. The SMILES string of the molecule is CCc1nnc(-c2ccc(OCc3ccc(Br)cc3)cc2)o1. The fourth-order valence-electron chi connectivity index (χ4n) is 1.95. The maximum Gasteiger partial charge on any atom is 0.247 e. The van der Waals surface area contributed by atoms with Gasteiger partial charge in [0.05, 0.1) is 0 Å². The number of ether oxygens (including phenoxy) is 1. The highest BCUT2D eigenvalue weighted by Crippen LogP contribution is 2.22. The molecule has 112 valence electrons. The highest BCUT2D eigenvalue weighted by Gasteiger charge is 2.07. The van der Waals surface area contributed by atoms with Gasteiger partial charge in [-0.15, -0.1) is 10.2 Å². The molecule has 0 amide bonds. The van der Waals surface area contributed by atoms with Crippen LogP contribution >= 0.6 is 15.9 Å². The number of hydrogen-bond acceptors (Lipinski definition) is 4. The molecule has 0 spiro atoms. The van der Waals surface area contributed by atoms with E-state index in [1.165, 1.54) is 0 Å². The Morgan fingerprint density at radius 2 is 1.73 bits per heavy atom. The lowest BCUT2D eigenvalue weighted by Crippen LogP contribution is -1.94. The minimum atomic E-state index is 0.535. The van der Waals surface area contributed by atoms with Crippen LogP contribution in [-0.4, -0.2) is 10.2 Å². The molecule has 5 heteroatoms. The van der Waals surface area contributed by atoms with E-state index in [-0.39, 0.29) is 0 Å². The van der Waals surface area contributed by atoms with Crippen molar-refractivity contribution in [3.8, 4) is 17.2 Å². The average Bonchev–Trinajstić information content (AvgIpc) is 3.04. The van der Waals surface area contributed by atoms with E-state index in [1.807, 2.05) is 55.5 Å². The molecule has 0 atom stereocenters. The molecule has 0 saturated heterocycles. The molecule has 0 radical (unpaired) electrons. The highest BCUT2D eigenvalue weighted by molar-refractivity contribution is 9.10. The number of nitrogens with zero attached hydrogens (tertiary/aromatic N) is 2. The Balaban J connectivity index is 1.65. The van der Waals surface area contributed by atoms with Crippen molar-refractivity contribution in [3.63, 3.8) is 0 Å². The number of halogens is 1. The van der Waals surface area contributed by atoms with E-state index in [1.54, 1.807) is 0 Å². The van der Waals surface area contributed by atoms with Gasteiger partial charge in [-0.3, -0.25) is 0 Å². The van der Waals surface area contributed by atoms with Crippen LogP contribution in [0.15, 0.2) is 57.4 Å². The Morgan fingerprint density at radius 3 is 2.36 bits per heavy atom. The fraction of sp³-hybridized carbons (Fsp3) is 0.176. The topological polar surface area (TPSA) is 48.2 Å². The summed E-state index contributed by atoms with van der Waals surface area (Å²) in [5.74, 6) is 1.99. The summed E-state index contributed by atoms with van der Waals surface area (Å²) in [6.07, 6.45) is 0.737. The second-order valence-corrected chi connectivity index (χ2v) is 5.71. The third-order valence-electron chi connectivity index (χ3n) is 3.19. The monoisotopic (exact) mass is 358 g/mol. The van der Waals surface area contributed by atoms with E-state index in [4.69, 9.17) is 9.15 Å². The molecule has 2 aromatic carbocycles. The molecule has 0 aliphatic rings. The van der Waals surface area contributed by atoms with Crippen molar-refractivity contribution in [1.82, 2.24) is 10.2 Å². The van der Waals surface area contributed by atoms with E-state index in [2.05, 4.69) is 26.1 Å². The van der Waals surface area contributed by atoms with Crippen LogP contribution in [-0.2, 0) is 13.0 Å². The summed E-state index contributed by atoms with van der Waals surface area (Å²) in [5, 5.41) is 7.99. The van der Waals surface area contributed by atoms with Crippen molar-refractivity contribution in [1.29, 1.82) is 0 Å². The van der Waals surface area contributed by atoms with E-state index >= 15 is 0 Å². The van der Waals surface area contributed by atoms with Crippen molar-refractivity contribution in [3.05, 3.63) is 64.5 Å². The van der Waals surface area contributed by atoms with Gasteiger partial charge in [0.2, 0.25) is 11.8 Å². The Bertz CT molecular complexity index is 736. The molecule has 1 aromatic heterocycles. The first-order valence-corrected chi connectivity index (χ1v) is 7.84. The maximum atomic E-state index is 5.77. The number of hydrogen-bond donors (Lipinski definition) is 0. The summed E-state index contributed by atoms with van der Waals surface area (Å²) < 4.78 is 12.4.